The van der Waals surface area contributed by atoms with E-state index in [4.69, 9.17) is 0 Å². The van der Waals surface area contributed by atoms with Gasteiger partial charge in [-0.25, -0.2) is 8.78 Å². The van der Waals surface area contributed by atoms with E-state index < -0.39 is 23.6 Å². The molecule has 9 heteroatoms. The summed E-state index contributed by atoms with van der Waals surface area (Å²) >= 11 is 0. The number of benzene rings is 3. The monoisotopic (exact) mass is 502 g/mol. The van der Waals surface area contributed by atoms with Crippen molar-refractivity contribution in [3.8, 4) is 5.75 Å². The van der Waals surface area contributed by atoms with Gasteiger partial charge in [0.15, 0.2) is 0 Å². The number of halogens is 5. The second-order valence-electron chi connectivity index (χ2n) is 9.37. The average Bonchev–Trinajstić information content (AvgIpc) is 3.23. The zero-order valence-electron chi connectivity index (χ0n) is 19.3. The third kappa shape index (κ3) is 4.50. The number of anilines is 2. The van der Waals surface area contributed by atoms with Crippen LogP contribution >= 0.6 is 0 Å². The molecule has 3 atom stereocenters. The first kappa shape index (κ1) is 24.1. The molecule has 0 radical (unpaired) electrons. The molecule has 3 aromatic rings. The number of carbonyl (C=O) groups is 1. The van der Waals surface area contributed by atoms with Crippen LogP contribution in [0.15, 0.2) is 66.7 Å². The van der Waals surface area contributed by atoms with E-state index in [1.165, 1.54) is 42.5 Å². The van der Waals surface area contributed by atoms with Crippen molar-refractivity contribution in [2.75, 3.05) is 10.2 Å². The van der Waals surface area contributed by atoms with Crippen molar-refractivity contribution in [3.05, 3.63) is 89.5 Å². The van der Waals surface area contributed by atoms with Crippen molar-refractivity contribution in [1.82, 2.24) is 0 Å². The van der Waals surface area contributed by atoms with Gasteiger partial charge in [-0.1, -0.05) is 19.1 Å². The first-order valence-electron chi connectivity index (χ1n) is 11.6. The highest BCUT2D eigenvalue weighted by molar-refractivity contribution is 6.12. The predicted octanol–water partition coefficient (Wildman–Crippen LogP) is 7.24. The normalized spacial score (nSPS) is 22.3. The van der Waals surface area contributed by atoms with E-state index >= 15 is 0 Å². The summed E-state index contributed by atoms with van der Waals surface area (Å²) in [4.78, 5) is 15.3. The molecule has 1 fully saturated rings. The Hall–Kier alpha value is -3.62. The van der Waals surface area contributed by atoms with Gasteiger partial charge in [-0.15, -0.1) is 13.2 Å². The molecule has 1 heterocycles. The maximum absolute atomic E-state index is 14.1. The predicted molar refractivity (Wildman–Crippen MR) is 125 cm³/mol. The van der Waals surface area contributed by atoms with Gasteiger partial charge in [-0.05, 0) is 91.3 Å². The minimum absolute atomic E-state index is 0.0557. The lowest BCUT2D eigenvalue weighted by Gasteiger charge is -2.47. The molecule has 3 unspecified atom stereocenters. The topological polar surface area (TPSA) is 41.6 Å². The van der Waals surface area contributed by atoms with Crippen molar-refractivity contribution < 1.29 is 31.5 Å². The number of ether oxygens (including phenoxy) is 1. The van der Waals surface area contributed by atoms with Gasteiger partial charge in [0.25, 0.3) is 5.91 Å². The Morgan fingerprint density at radius 1 is 1.00 bits per heavy atom. The molecule has 1 spiro atoms. The second kappa shape index (κ2) is 8.80. The molecular formula is C27H23F5N2O2. The van der Waals surface area contributed by atoms with Crippen LogP contribution in [0.25, 0.3) is 0 Å². The van der Waals surface area contributed by atoms with Crippen molar-refractivity contribution in [2.45, 2.75) is 44.1 Å². The van der Waals surface area contributed by atoms with Gasteiger partial charge >= 0.3 is 6.36 Å². The number of nitrogens with one attached hydrogen (secondary N) is 1. The zero-order valence-corrected chi connectivity index (χ0v) is 19.3. The van der Waals surface area contributed by atoms with Crippen LogP contribution in [0.3, 0.4) is 0 Å². The van der Waals surface area contributed by atoms with Crippen LogP contribution < -0.4 is 15.0 Å². The fraction of sp³-hybridized carbons (Fsp3) is 0.296. The number of hydrogen-bond acceptors (Lipinski definition) is 3. The van der Waals surface area contributed by atoms with Crippen LogP contribution in [0.5, 0.6) is 5.75 Å². The number of hydrogen-bond donors (Lipinski definition) is 1. The first-order valence-corrected chi connectivity index (χ1v) is 11.6. The summed E-state index contributed by atoms with van der Waals surface area (Å²) < 4.78 is 69.4. The number of alkyl halides is 3. The molecule has 1 amide bonds. The molecular weight excluding hydrogens is 479 g/mol. The van der Waals surface area contributed by atoms with Gasteiger partial charge in [0.05, 0.1) is 11.3 Å². The number of amides is 1. The summed E-state index contributed by atoms with van der Waals surface area (Å²) in [6.45, 7) is 2.04. The number of fused-ring (bicyclic) bond motifs is 1. The highest BCUT2D eigenvalue weighted by Gasteiger charge is 2.51. The Bertz CT molecular complexity index is 1280. The van der Waals surface area contributed by atoms with Crippen LogP contribution in [0.4, 0.5) is 33.3 Å². The van der Waals surface area contributed by atoms with Crippen LogP contribution in [0.2, 0.25) is 0 Å². The number of rotatable bonds is 4. The van der Waals surface area contributed by atoms with Gasteiger partial charge in [-0.2, -0.15) is 0 Å². The Kier molecular flexibility index (Phi) is 5.89. The van der Waals surface area contributed by atoms with E-state index in [-0.39, 0.29) is 29.1 Å². The quantitative estimate of drug-likeness (QED) is 0.383. The average molecular weight is 502 g/mol. The molecule has 2 aliphatic rings. The largest absolute Gasteiger partial charge is 0.573 e. The third-order valence-corrected chi connectivity index (χ3v) is 7.17. The Balaban J connectivity index is 1.51. The summed E-state index contributed by atoms with van der Waals surface area (Å²) in [7, 11) is 0. The number of nitrogens with zero attached hydrogens (tertiary/aromatic N) is 1. The van der Waals surface area contributed by atoms with Crippen LogP contribution in [-0.2, 0) is 0 Å². The van der Waals surface area contributed by atoms with E-state index in [9.17, 15) is 26.7 Å². The molecule has 4 nitrogen and oxygen atoms in total. The summed E-state index contributed by atoms with van der Waals surface area (Å²) in [5.41, 5.74) is 1.10. The molecule has 1 saturated carbocycles. The summed E-state index contributed by atoms with van der Waals surface area (Å²) in [6.07, 6.45) is -3.06. The SMILES string of the molecule is CC(c1ccc(F)cc1)C1CCC2(C1)Nc1cc(F)ccc1C(=O)N2c1ccc(OC(F)(F)F)cc1. The van der Waals surface area contributed by atoms with Crippen molar-refractivity contribution in [3.63, 3.8) is 0 Å². The Morgan fingerprint density at radius 2 is 1.67 bits per heavy atom. The Labute approximate surface area is 204 Å². The van der Waals surface area contributed by atoms with Gasteiger partial charge < -0.3 is 10.1 Å². The fourth-order valence-corrected chi connectivity index (χ4v) is 5.43. The lowest BCUT2D eigenvalue weighted by molar-refractivity contribution is -0.274. The van der Waals surface area contributed by atoms with E-state index in [2.05, 4.69) is 10.1 Å². The maximum atomic E-state index is 14.1. The first-order chi connectivity index (χ1) is 17.0. The molecule has 188 valence electrons. The molecule has 3 aromatic carbocycles. The molecule has 1 aliphatic carbocycles. The molecule has 1 N–H and O–H groups in total. The molecule has 0 aromatic heterocycles. The maximum Gasteiger partial charge on any atom is 0.573 e. The van der Waals surface area contributed by atoms with Crippen LogP contribution in [0, 0.1) is 17.6 Å². The van der Waals surface area contributed by atoms with E-state index in [0.717, 1.165) is 24.1 Å². The van der Waals surface area contributed by atoms with Gasteiger partial charge in [-0.3, -0.25) is 9.69 Å². The fourth-order valence-electron chi connectivity index (χ4n) is 5.43. The third-order valence-electron chi connectivity index (χ3n) is 7.17. The Morgan fingerprint density at radius 3 is 2.33 bits per heavy atom. The highest BCUT2D eigenvalue weighted by atomic mass is 19.4. The highest BCUT2D eigenvalue weighted by Crippen LogP contribution is 2.50. The molecule has 5 rings (SSSR count). The minimum Gasteiger partial charge on any atom is -0.406 e. The van der Waals surface area contributed by atoms with Crippen molar-refractivity contribution in [2.24, 2.45) is 5.92 Å². The van der Waals surface area contributed by atoms with Gasteiger partial charge in [0.2, 0.25) is 0 Å². The molecule has 0 saturated heterocycles. The zero-order chi connectivity index (χ0) is 25.7. The standard InChI is InChI=1S/C27H23F5N2O2/c1-16(17-2-4-19(28)5-3-17)18-12-13-26(15-18)33-24-14-20(29)6-11-23(24)25(35)34(26)21-7-9-22(10-8-21)36-27(30,31)32/h2-11,14,16,18,33H,12-13,15H2,1H3. The second-order valence-corrected chi connectivity index (χ2v) is 9.37. The molecule has 1 aliphatic heterocycles. The molecule has 0 bridgehead atoms. The van der Waals surface area contributed by atoms with Crippen molar-refractivity contribution in [1.29, 1.82) is 0 Å². The minimum atomic E-state index is -4.83. The van der Waals surface area contributed by atoms with Crippen molar-refractivity contribution >= 4 is 17.3 Å². The van der Waals surface area contributed by atoms with Crippen LogP contribution in [0.1, 0.15) is 48.0 Å². The smallest absolute Gasteiger partial charge is 0.406 e. The number of carbonyl (C=O) groups excluding carboxylic acids is 1. The van der Waals surface area contributed by atoms with Gasteiger partial charge in [0.1, 0.15) is 23.0 Å². The van der Waals surface area contributed by atoms with Gasteiger partial charge in [0, 0.05) is 5.69 Å². The van der Waals surface area contributed by atoms with Crippen LogP contribution in [-0.4, -0.2) is 17.9 Å². The summed E-state index contributed by atoms with van der Waals surface area (Å²) in [5.74, 6) is -1.41. The van der Waals surface area contributed by atoms with E-state index in [1.54, 1.807) is 17.0 Å². The summed E-state index contributed by atoms with van der Waals surface area (Å²) in [5, 5.41) is 3.38. The lowest BCUT2D eigenvalue weighted by atomic mass is 9.85. The summed E-state index contributed by atoms with van der Waals surface area (Å²) in [6, 6.07) is 15.3. The molecule has 36 heavy (non-hydrogen) atoms. The van der Waals surface area contributed by atoms with E-state index in [0.29, 0.717) is 24.2 Å². The van der Waals surface area contributed by atoms with E-state index in [1.807, 2.05) is 6.92 Å². The lowest BCUT2D eigenvalue weighted by Crippen LogP contribution is -2.59.